The number of hydroxylamine groups is 2. The zero-order valence-corrected chi connectivity index (χ0v) is 16.1. The van der Waals surface area contributed by atoms with Crippen molar-refractivity contribution in [3.8, 4) is 0 Å². The van der Waals surface area contributed by atoms with Crippen LogP contribution in [0.1, 0.15) is 64.2 Å². The molecule has 3 rings (SSSR count). The van der Waals surface area contributed by atoms with Crippen LogP contribution in [0.4, 0.5) is 0 Å². The highest BCUT2D eigenvalue weighted by Gasteiger charge is 2.49. The molecule has 0 aromatic heterocycles. The van der Waals surface area contributed by atoms with Crippen molar-refractivity contribution >= 4 is 5.91 Å². The molecule has 150 valence electrons. The van der Waals surface area contributed by atoms with Crippen molar-refractivity contribution in [2.45, 2.75) is 82.5 Å². The summed E-state index contributed by atoms with van der Waals surface area (Å²) in [5.74, 6) is 0.675. The van der Waals surface area contributed by atoms with E-state index in [1.807, 2.05) is 0 Å². The van der Waals surface area contributed by atoms with E-state index in [-0.39, 0.29) is 5.91 Å². The Labute approximate surface area is 157 Å². The van der Waals surface area contributed by atoms with Gasteiger partial charge in [-0.25, -0.2) is 5.06 Å². The second-order valence-electron chi connectivity index (χ2n) is 8.16. The molecule has 1 saturated carbocycles. The van der Waals surface area contributed by atoms with E-state index in [9.17, 15) is 4.79 Å². The standard InChI is InChI=1S/C20H35NO5/c1-21(23)20(22)9-5-6-12-24-13-16-17(19-11-10-18(16)26-19)14-25-15-7-3-2-4-8-15/h15-19,23H,2-14H2,1H3. The summed E-state index contributed by atoms with van der Waals surface area (Å²) in [5, 5.41) is 9.69. The highest BCUT2D eigenvalue weighted by molar-refractivity contribution is 5.74. The summed E-state index contributed by atoms with van der Waals surface area (Å²) in [4.78, 5) is 11.3. The fourth-order valence-electron chi connectivity index (χ4n) is 4.67. The van der Waals surface area contributed by atoms with Crippen LogP contribution in [0.15, 0.2) is 0 Å². The van der Waals surface area contributed by atoms with Gasteiger partial charge in [0.05, 0.1) is 31.5 Å². The molecule has 0 spiro atoms. The molecule has 4 unspecified atom stereocenters. The molecular weight excluding hydrogens is 334 g/mol. The van der Waals surface area contributed by atoms with E-state index in [0.717, 1.165) is 38.9 Å². The van der Waals surface area contributed by atoms with Crippen LogP contribution >= 0.6 is 0 Å². The number of nitrogens with zero attached hydrogens (tertiary/aromatic N) is 1. The number of ether oxygens (including phenoxy) is 3. The Morgan fingerprint density at radius 3 is 2.42 bits per heavy atom. The number of rotatable bonds is 10. The number of fused-ring (bicyclic) bond motifs is 2. The predicted octanol–water partition coefficient (Wildman–Crippen LogP) is 3.16. The van der Waals surface area contributed by atoms with Crippen molar-refractivity contribution in [2.24, 2.45) is 11.8 Å². The summed E-state index contributed by atoms with van der Waals surface area (Å²) >= 11 is 0. The molecule has 2 bridgehead atoms. The Bertz CT molecular complexity index is 438. The summed E-state index contributed by atoms with van der Waals surface area (Å²) in [6, 6.07) is 0. The minimum atomic E-state index is -0.244. The van der Waals surface area contributed by atoms with Gasteiger partial charge in [0.1, 0.15) is 0 Å². The molecule has 6 heteroatoms. The Balaban J connectivity index is 1.33. The first kappa shape index (κ1) is 20.1. The number of unbranched alkanes of at least 4 members (excludes halogenated alkanes) is 1. The van der Waals surface area contributed by atoms with Gasteiger partial charge < -0.3 is 14.2 Å². The number of amides is 1. The van der Waals surface area contributed by atoms with Gasteiger partial charge in [0.25, 0.3) is 0 Å². The smallest absolute Gasteiger partial charge is 0.245 e. The molecule has 0 radical (unpaired) electrons. The van der Waals surface area contributed by atoms with Crippen molar-refractivity contribution in [3.63, 3.8) is 0 Å². The molecular formula is C20H35NO5. The van der Waals surface area contributed by atoms with Crippen molar-refractivity contribution in [1.82, 2.24) is 5.06 Å². The quantitative estimate of drug-likeness (QED) is 0.364. The third-order valence-corrected chi connectivity index (χ3v) is 6.27. The fourth-order valence-corrected chi connectivity index (χ4v) is 4.67. The lowest BCUT2D eigenvalue weighted by molar-refractivity contribution is -0.159. The molecule has 3 fully saturated rings. The van der Waals surface area contributed by atoms with Gasteiger partial charge in [0.15, 0.2) is 0 Å². The first-order valence-electron chi connectivity index (χ1n) is 10.5. The topological polar surface area (TPSA) is 68.2 Å². The number of carbonyl (C=O) groups excluding carboxylic acids is 1. The summed E-state index contributed by atoms with van der Waals surface area (Å²) in [5.41, 5.74) is 0. The van der Waals surface area contributed by atoms with Crippen LogP contribution in [-0.4, -0.2) is 61.4 Å². The van der Waals surface area contributed by atoms with Gasteiger partial charge in [-0.05, 0) is 38.5 Å². The van der Waals surface area contributed by atoms with Gasteiger partial charge in [0.2, 0.25) is 5.91 Å². The van der Waals surface area contributed by atoms with E-state index >= 15 is 0 Å². The van der Waals surface area contributed by atoms with Gasteiger partial charge in [0, 0.05) is 31.9 Å². The molecule has 1 amide bonds. The summed E-state index contributed by atoms with van der Waals surface area (Å²) < 4.78 is 18.3. The molecule has 1 aliphatic carbocycles. The molecule has 6 nitrogen and oxygen atoms in total. The zero-order chi connectivity index (χ0) is 18.4. The molecule has 1 N–H and O–H groups in total. The minimum Gasteiger partial charge on any atom is -0.381 e. The van der Waals surface area contributed by atoms with Gasteiger partial charge in [-0.3, -0.25) is 10.0 Å². The van der Waals surface area contributed by atoms with Crippen LogP contribution in [0.3, 0.4) is 0 Å². The lowest BCUT2D eigenvalue weighted by atomic mass is 9.80. The highest BCUT2D eigenvalue weighted by Crippen LogP contribution is 2.44. The summed E-state index contributed by atoms with van der Waals surface area (Å²) in [7, 11) is 1.36. The van der Waals surface area contributed by atoms with Crippen LogP contribution in [-0.2, 0) is 19.0 Å². The van der Waals surface area contributed by atoms with Crippen LogP contribution < -0.4 is 0 Å². The van der Waals surface area contributed by atoms with Crippen molar-refractivity contribution in [3.05, 3.63) is 0 Å². The number of carbonyl (C=O) groups is 1. The van der Waals surface area contributed by atoms with Crippen molar-refractivity contribution in [2.75, 3.05) is 26.9 Å². The Morgan fingerprint density at radius 1 is 1.04 bits per heavy atom. The van der Waals surface area contributed by atoms with Gasteiger partial charge >= 0.3 is 0 Å². The van der Waals surface area contributed by atoms with Crippen LogP contribution in [0.2, 0.25) is 0 Å². The normalized spacial score (nSPS) is 31.5. The molecule has 26 heavy (non-hydrogen) atoms. The molecule has 0 aromatic carbocycles. The first-order valence-corrected chi connectivity index (χ1v) is 10.5. The first-order chi connectivity index (χ1) is 12.6. The lowest BCUT2D eigenvalue weighted by Crippen LogP contribution is -2.35. The summed E-state index contributed by atoms with van der Waals surface area (Å²) in [6.45, 7) is 2.21. The van der Waals surface area contributed by atoms with E-state index < -0.39 is 0 Å². The van der Waals surface area contributed by atoms with E-state index in [1.165, 1.54) is 39.2 Å². The zero-order valence-electron chi connectivity index (χ0n) is 16.1. The maximum atomic E-state index is 11.3. The molecule has 2 saturated heterocycles. The lowest BCUT2D eigenvalue weighted by Gasteiger charge is -2.30. The van der Waals surface area contributed by atoms with Crippen LogP contribution in [0, 0.1) is 11.8 Å². The molecule has 2 heterocycles. The third kappa shape index (κ3) is 5.41. The van der Waals surface area contributed by atoms with Gasteiger partial charge in [-0.1, -0.05) is 19.3 Å². The molecule has 3 aliphatic rings. The average Bonchev–Trinajstić information content (AvgIpc) is 3.25. The Morgan fingerprint density at radius 2 is 1.73 bits per heavy atom. The van der Waals surface area contributed by atoms with Crippen molar-refractivity contribution < 1.29 is 24.2 Å². The monoisotopic (exact) mass is 369 g/mol. The maximum absolute atomic E-state index is 11.3. The van der Waals surface area contributed by atoms with Gasteiger partial charge in [-0.2, -0.15) is 0 Å². The van der Waals surface area contributed by atoms with Gasteiger partial charge in [-0.15, -0.1) is 0 Å². The molecule has 2 aliphatic heterocycles. The third-order valence-electron chi connectivity index (χ3n) is 6.27. The predicted molar refractivity (Wildman–Crippen MR) is 96.9 cm³/mol. The number of hydrogen-bond donors (Lipinski definition) is 1. The van der Waals surface area contributed by atoms with E-state index in [4.69, 9.17) is 19.4 Å². The second kappa shape index (κ2) is 10.0. The second-order valence-corrected chi connectivity index (χ2v) is 8.16. The Hall–Kier alpha value is -0.690. The largest absolute Gasteiger partial charge is 0.381 e. The van der Waals surface area contributed by atoms with E-state index in [1.54, 1.807) is 0 Å². The number of hydrogen-bond acceptors (Lipinski definition) is 5. The SMILES string of the molecule is CN(O)C(=O)CCCCOCC1C2CCC(O2)C1COC1CCCCC1. The molecule has 0 aromatic rings. The average molecular weight is 370 g/mol. The summed E-state index contributed by atoms with van der Waals surface area (Å²) in [6.07, 6.45) is 11.8. The maximum Gasteiger partial charge on any atom is 0.245 e. The molecule has 4 atom stereocenters. The Kier molecular flexibility index (Phi) is 7.73. The van der Waals surface area contributed by atoms with Crippen LogP contribution in [0.5, 0.6) is 0 Å². The van der Waals surface area contributed by atoms with Crippen LogP contribution in [0.25, 0.3) is 0 Å². The fraction of sp³-hybridized carbons (Fsp3) is 0.950. The minimum absolute atomic E-state index is 0.244. The van der Waals surface area contributed by atoms with E-state index in [2.05, 4.69) is 0 Å². The van der Waals surface area contributed by atoms with Crippen molar-refractivity contribution in [1.29, 1.82) is 0 Å². The van der Waals surface area contributed by atoms with E-state index in [0.29, 0.717) is 48.2 Å². The highest BCUT2D eigenvalue weighted by atomic mass is 16.5.